The number of rotatable bonds is 8. The summed E-state index contributed by atoms with van der Waals surface area (Å²) in [4.78, 5) is 28.9. The number of unbranched alkanes of at least 4 members (excludes halogenated alkanes) is 1. The molecule has 1 N–H and O–H groups in total. The van der Waals surface area contributed by atoms with Crippen LogP contribution in [-0.4, -0.2) is 55.3 Å². The van der Waals surface area contributed by atoms with Crippen LogP contribution in [0, 0.1) is 11.3 Å². The highest BCUT2D eigenvalue weighted by Gasteiger charge is 2.32. The van der Waals surface area contributed by atoms with E-state index in [1.165, 1.54) is 0 Å². The molecule has 0 radical (unpaired) electrons. The van der Waals surface area contributed by atoms with Gasteiger partial charge in [-0.15, -0.1) is 0 Å². The van der Waals surface area contributed by atoms with Gasteiger partial charge in [0.25, 0.3) is 5.91 Å². The summed E-state index contributed by atoms with van der Waals surface area (Å²) in [5.41, 5.74) is 1.75. The molecule has 1 atom stereocenters. The van der Waals surface area contributed by atoms with E-state index in [4.69, 9.17) is 9.47 Å². The molecule has 1 unspecified atom stereocenters. The third-order valence-corrected chi connectivity index (χ3v) is 5.99. The van der Waals surface area contributed by atoms with Crippen LogP contribution >= 0.6 is 0 Å². The Kier molecular flexibility index (Phi) is 8.81. The monoisotopic (exact) mass is 492 g/mol. The Morgan fingerprint density at radius 3 is 2.56 bits per heavy atom. The van der Waals surface area contributed by atoms with E-state index in [2.05, 4.69) is 23.2 Å². The lowest BCUT2D eigenvalue weighted by Crippen LogP contribution is -2.42. The Hall–Kier alpha value is -3.73. The quantitative estimate of drug-likeness (QED) is 0.494. The Morgan fingerprint density at radius 2 is 1.92 bits per heavy atom. The van der Waals surface area contributed by atoms with Gasteiger partial charge in [0.15, 0.2) is 0 Å². The Balaban J connectivity index is 1.63. The van der Waals surface area contributed by atoms with Crippen LogP contribution in [0.15, 0.2) is 42.5 Å². The molecule has 0 bridgehead atoms. The van der Waals surface area contributed by atoms with Crippen LogP contribution in [0.3, 0.4) is 0 Å². The molecule has 0 spiro atoms. The minimum absolute atomic E-state index is 0.0142. The first-order chi connectivity index (χ1) is 17.1. The molecule has 0 saturated carbocycles. The highest BCUT2D eigenvalue weighted by molar-refractivity contribution is 6.04. The van der Waals surface area contributed by atoms with Crippen molar-refractivity contribution in [2.75, 3.05) is 37.0 Å². The van der Waals surface area contributed by atoms with E-state index in [-0.39, 0.29) is 18.0 Å². The molecule has 1 aliphatic rings. The fourth-order valence-electron chi connectivity index (χ4n) is 3.98. The molecule has 0 aliphatic carbocycles. The fraction of sp³-hybridized carbons (Fsp3) is 0.464. The molecule has 1 fully saturated rings. The van der Waals surface area contributed by atoms with E-state index < -0.39 is 5.60 Å². The van der Waals surface area contributed by atoms with Crippen molar-refractivity contribution < 1.29 is 19.1 Å². The van der Waals surface area contributed by atoms with Gasteiger partial charge in [-0.05, 0) is 76.1 Å². The van der Waals surface area contributed by atoms with Gasteiger partial charge >= 0.3 is 6.09 Å². The van der Waals surface area contributed by atoms with Crippen LogP contribution in [0.1, 0.15) is 62.9 Å². The van der Waals surface area contributed by atoms with Crippen molar-refractivity contribution in [3.63, 3.8) is 0 Å². The van der Waals surface area contributed by atoms with Gasteiger partial charge in [0.05, 0.1) is 23.9 Å². The number of carbonyl (C=O) groups is 2. The third-order valence-electron chi connectivity index (χ3n) is 5.99. The van der Waals surface area contributed by atoms with Crippen molar-refractivity contribution >= 4 is 23.4 Å². The van der Waals surface area contributed by atoms with E-state index in [1.54, 1.807) is 48.3 Å². The van der Waals surface area contributed by atoms with Crippen LogP contribution in [0.4, 0.5) is 16.2 Å². The van der Waals surface area contributed by atoms with E-state index >= 15 is 0 Å². The largest absolute Gasteiger partial charge is 0.494 e. The zero-order valence-corrected chi connectivity index (χ0v) is 21.8. The minimum Gasteiger partial charge on any atom is -0.494 e. The number of amides is 2. The molecular formula is C28H36N4O4. The molecule has 2 aromatic carbocycles. The highest BCUT2D eigenvalue weighted by atomic mass is 16.6. The predicted octanol–water partition coefficient (Wildman–Crippen LogP) is 5.44. The number of anilines is 2. The summed E-state index contributed by atoms with van der Waals surface area (Å²) < 4.78 is 11.1. The number of nitrogens with zero attached hydrogens (tertiary/aromatic N) is 3. The van der Waals surface area contributed by atoms with Gasteiger partial charge in [-0.3, -0.25) is 4.79 Å². The summed E-state index contributed by atoms with van der Waals surface area (Å²) in [5.74, 6) is 0.476. The summed E-state index contributed by atoms with van der Waals surface area (Å²) >= 11 is 0. The lowest BCUT2D eigenvalue weighted by molar-refractivity contribution is 0.0237. The van der Waals surface area contributed by atoms with Gasteiger partial charge < -0.3 is 24.6 Å². The van der Waals surface area contributed by atoms with Crippen molar-refractivity contribution in [3.05, 3.63) is 53.6 Å². The van der Waals surface area contributed by atoms with Gasteiger partial charge in [-0.2, -0.15) is 5.26 Å². The molecule has 2 aromatic rings. The number of nitriles is 1. The smallest absolute Gasteiger partial charge is 0.410 e. The minimum atomic E-state index is -0.553. The fourth-order valence-corrected chi connectivity index (χ4v) is 3.98. The van der Waals surface area contributed by atoms with Crippen molar-refractivity contribution in [1.29, 1.82) is 5.26 Å². The van der Waals surface area contributed by atoms with Gasteiger partial charge in [0.1, 0.15) is 17.4 Å². The summed E-state index contributed by atoms with van der Waals surface area (Å²) in [7, 11) is 1.75. The summed E-state index contributed by atoms with van der Waals surface area (Å²) in [6.45, 7) is 9.61. The molecule has 1 aliphatic heterocycles. The first-order valence-electron chi connectivity index (χ1n) is 12.4. The topological polar surface area (TPSA) is 94.9 Å². The number of likely N-dealkylation sites (N-methyl/N-ethyl adjacent to an activating group) is 1. The molecule has 2 amide bonds. The van der Waals surface area contributed by atoms with Crippen molar-refractivity contribution in [3.8, 4) is 11.8 Å². The molecule has 36 heavy (non-hydrogen) atoms. The standard InChI is InChI=1S/C28H36N4O4/c1-6-7-16-35-24-11-8-20(9-12-24)26(33)30-22-10-13-25(21(17-22)18-29)32-15-14-23(19-32)31(5)27(34)36-28(2,3)4/h8-13,17,23H,6-7,14-16,19H2,1-5H3,(H,30,33). The first kappa shape index (κ1) is 26.9. The zero-order chi connectivity index (χ0) is 26.3. The maximum atomic E-state index is 12.7. The van der Waals surface area contributed by atoms with Crippen LogP contribution in [-0.2, 0) is 4.74 Å². The number of nitrogens with one attached hydrogen (secondary N) is 1. The van der Waals surface area contributed by atoms with Crippen LogP contribution < -0.4 is 15.0 Å². The Bertz CT molecular complexity index is 1100. The summed E-state index contributed by atoms with van der Waals surface area (Å²) in [6.07, 6.45) is 2.47. The number of benzene rings is 2. The second kappa shape index (κ2) is 11.8. The van der Waals surface area contributed by atoms with Crippen molar-refractivity contribution in [1.82, 2.24) is 4.90 Å². The molecule has 1 heterocycles. The predicted molar refractivity (Wildman–Crippen MR) is 141 cm³/mol. The average molecular weight is 493 g/mol. The lowest BCUT2D eigenvalue weighted by Gasteiger charge is -2.29. The number of ether oxygens (including phenoxy) is 2. The van der Waals surface area contributed by atoms with Gasteiger partial charge in [0.2, 0.25) is 0 Å². The lowest BCUT2D eigenvalue weighted by atomic mass is 10.1. The van der Waals surface area contributed by atoms with Gasteiger partial charge in [-0.25, -0.2) is 4.79 Å². The summed E-state index contributed by atoms with van der Waals surface area (Å²) in [5, 5.41) is 12.6. The normalized spacial score (nSPS) is 15.2. The first-order valence-corrected chi connectivity index (χ1v) is 12.4. The molecule has 8 nitrogen and oxygen atoms in total. The van der Waals surface area contributed by atoms with E-state index in [0.29, 0.717) is 36.5 Å². The molecule has 3 rings (SSSR count). The molecule has 192 valence electrons. The van der Waals surface area contributed by atoms with Crippen LogP contribution in [0.5, 0.6) is 5.75 Å². The molecule has 1 saturated heterocycles. The Morgan fingerprint density at radius 1 is 1.19 bits per heavy atom. The second-order valence-electron chi connectivity index (χ2n) is 10.0. The van der Waals surface area contributed by atoms with E-state index in [9.17, 15) is 14.9 Å². The number of hydrogen-bond acceptors (Lipinski definition) is 6. The highest BCUT2D eigenvalue weighted by Crippen LogP contribution is 2.29. The zero-order valence-electron chi connectivity index (χ0n) is 21.8. The maximum absolute atomic E-state index is 12.7. The molecular weight excluding hydrogens is 456 g/mol. The second-order valence-corrected chi connectivity index (χ2v) is 10.0. The van der Waals surface area contributed by atoms with Gasteiger partial charge in [-0.1, -0.05) is 13.3 Å². The van der Waals surface area contributed by atoms with Gasteiger partial charge in [0, 0.05) is 31.4 Å². The van der Waals surface area contributed by atoms with Crippen molar-refractivity contribution in [2.24, 2.45) is 0 Å². The average Bonchev–Trinajstić information content (AvgIpc) is 3.33. The number of carbonyl (C=O) groups excluding carboxylic acids is 2. The molecule has 0 aromatic heterocycles. The van der Waals surface area contributed by atoms with Crippen LogP contribution in [0.25, 0.3) is 0 Å². The number of hydrogen-bond donors (Lipinski definition) is 1. The van der Waals surface area contributed by atoms with E-state index in [0.717, 1.165) is 30.7 Å². The van der Waals surface area contributed by atoms with E-state index in [1.807, 2.05) is 26.8 Å². The summed E-state index contributed by atoms with van der Waals surface area (Å²) in [6, 6.07) is 14.6. The molecule has 8 heteroatoms. The SMILES string of the molecule is CCCCOc1ccc(C(=O)Nc2ccc(N3CCC(N(C)C(=O)OC(C)(C)C)C3)c(C#N)c2)cc1. The third kappa shape index (κ3) is 7.14. The maximum Gasteiger partial charge on any atom is 0.410 e. The Labute approximate surface area is 213 Å². The van der Waals surface area contributed by atoms with Crippen LogP contribution in [0.2, 0.25) is 0 Å². The van der Waals surface area contributed by atoms with Crippen molar-refractivity contribution in [2.45, 2.75) is 58.6 Å².